The van der Waals surface area contributed by atoms with Crippen LogP contribution in [0.4, 0.5) is 11.8 Å². The molecule has 6 rings (SSSR count). The number of nitrogens with one attached hydrogen (secondary N) is 2. The first-order valence-electron chi connectivity index (χ1n) is 14.3. The molecule has 0 aliphatic heterocycles. The van der Waals surface area contributed by atoms with Crippen molar-refractivity contribution in [1.82, 2.24) is 24.6 Å². The SMILES string of the molecule is C[C@H](NP(=O)(OC[C@@H]1C=CC(n2cnc3c(NC4CC4)nc(N)nc32)C1)Oc1ccccc1)C(=O)OC1CCCC1. The van der Waals surface area contributed by atoms with E-state index >= 15 is 0 Å². The van der Waals surface area contributed by atoms with E-state index < -0.39 is 19.8 Å². The number of nitrogens with two attached hydrogens (primary N) is 1. The van der Waals surface area contributed by atoms with E-state index in [1.807, 2.05) is 16.7 Å². The first-order valence-corrected chi connectivity index (χ1v) is 15.8. The van der Waals surface area contributed by atoms with Crippen LogP contribution in [0.1, 0.15) is 57.9 Å². The van der Waals surface area contributed by atoms with Gasteiger partial charge >= 0.3 is 13.7 Å². The van der Waals surface area contributed by atoms with Crippen LogP contribution < -0.4 is 20.7 Å². The Hall–Kier alpha value is -3.47. The summed E-state index contributed by atoms with van der Waals surface area (Å²) >= 11 is 0. The topological polar surface area (TPSA) is 156 Å². The molecule has 3 aliphatic rings. The smallest absolute Gasteiger partial charge is 0.459 e. The van der Waals surface area contributed by atoms with Crippen molar-refractivity contribution in [2.45, 2.75) is 76.1 Å². The molecule has 218 valence electrons. The molecule has 2 heterocycles. The van der Waals surface area contributed by atoms with E-state index in [9.17, 15) is 9.36 Å². The highest BCUT2D eigenvalue weighted by Crippen LogP contribution is 2.46. The van der Waals surface area contributed by atoms with Gasteiger partial charge in [-0.2, -0.15) is 15.1 Å². The molecule has 13 heteroatoms. The summed E-state index contributed by atoms with van der Waals surface area (Å²) in [6.07, 6.45) is 12.4. The van der Waals surface area contributed by atoms with Crippen molar-refractivity contribution in [2.75, 3.05) is 17.7 Å². The minimum absolute atomic E-state index is 0.0422. The molecule has 2 unspecified atom stereocenters. The normalized spacial score (nSPS) is 23.0. The van der Waals surface area contributed by atoms with Crippen molar-refractivity contribution in [3.05, 3.63) is 48.8 Å². The Morgan fingerprint density at radius 2 is 1.93 bits per heavy atom. The van der Waals surface area contributed by atoms with Crippen LogP contribution in [-0.4, -0.2) is 50.3 Å². The summed E-state index contributed by atoms with van der Waals surface area (Å²) in [5.74, 6) is 0.687. The number of imidazole rings is 1. The fraction of sp³-hybridized carbons (Fsp3) is 0.500. The van der Waals surface area contributed by atoms with Crippen molar-refractivity contribution < 1.29 is 23.1 Å². The number of hydrogen-bond donors (Lipinski definition) is 3. The Labute approximate surface area is 238 Å². The van der Waals surface area contributed by atoms with Gasteiger partial charge in [0.15, 0.2) is 17.0 Å². The Bertz CT molecular complexity index is 1450. The molecule has 4 N–H and O–H groups in total. The van der Waals surface area contributed by atoms with Crippen LogP contribution in [0.2, 0.25) is 0 Å². The van der Waals surface area contributed by atoms with Gasteiger partial charge in [-0.3, -0.25) is 9.32 Å². The van der Waals surface area contributed by atoms with Gasteiger partial charge in [0.2, 0.25) is 5.95 Å². The summed E-state index contributed by atoms with van der Waals surface area (Å²) in [6.45, 7) is 1.73. The van der Waals surface area contributed by atoms with Crippen LogP contribution in [0.25, 0.3) is 11.2 Å². The molecule has 1 aromatic carbocycles. The molecule has 2 aromatic heterocycles. The van der Waals surface area contributed by atoms with Gasteiger partial charge in [-0.1, -0.05) is 30.4 Å². The number of rotatable bonds is 12. The molecule has 12 nitrogen and oxygen atoms in total. The summed E-state index contributed by atoms with van der Waals surface area (Å²) in [4.78, 5) is 26.1. The molecule has 3 aromatic rings. The number of nitrogens with zero attached hydrogens (tertiary/aromatic N) is 4. The van der Waals surface area contributed by atoms with Crippen LogP contribution in [-0.2, 0) is 18.6 Å². The molecule has 0 saturated heterocycles. The highest BCUT2D eigenvalue weighted by atomic mass is 31.2. The number of hydrogen-bond acceptors (Lipinski definition) is 10. The van der Waals surface area contributed by atoms with Crippen LogP contribution >= 0.6 is 7.75 Å². The third kappa shape index (κ3) is 6.72. The molecule has 0 amide bonds. The number of benzene rings is 1. The predicted molar refractivity (Wildman–Crippen MR) is 154 cm³/mol. The quantitative estimate of drug-likeness (QED) is 0.154. The Morgan fingerprint density at radius 3 is 2.68 bits per heavy atom. The molecule has 0 radical (unpaired) electrons. The number of aromatic nitrogens is 4. The fourth-order valence-corrected chi connectivity index (χ4v) is 6.79. The third-order valence-electron chi connectivity index (χ3n) is 7.58. The Balaban J connectivity index is 1.12. The van der Waals surface area contributed by atoms with Crippen molar-refractivity contribution in [3.8, 4) is 5.75 Å². The van der Waals surface area contributed by atoms with Crippen molar-refractivity contribution in [1.29, 1.82) is 0 Å². The molecule has 41 heavy (non-hydrogen) atoms. The Kier molecular flexibility index (Phi) is 7.96. The molecule has 3 aliphatic carbocycles. The average molecular weight is 582 g/mol. The van der Waals surface area contributed by atoms with Gasteiger partial charge < -0.3 is 24.9 Å². The lowest BCUT2D eigenvalue weighted by Crippen LogP contribution is -2.36. The van der Waals surface area contributed by atoms with Crippen molar-refractivity contribution in [2.24, 2.45) is 5.92 Å². The monoisotopic (exact) mass is 581 g/mol. The number of carbonyl (C=O) groups excluding carboxylic acids is 1. The second kappa shape index (κ2) is 11.8. The van der Waals surface area contributed by atoms with Crippen LogP contribution in [0.3, 0.4) is 0 Å². The number of carbonyl (C=O) groups is 1. The molecule has 0 spiro atoms. The molecular weight excluding hydrogens is 545 g/mol. The van der Waals surface area contributed by atoms with Crippen LogP contribution in [0, 0.1) is 5.92 Å². The van der Waals surface area contributed by atoms with Gasteiger partial charge in [-0.15, -0.1) is 0 Å². The second-order valence-corrected chi connectivity index (χ2v) is 12.7. The van der Waals surface area contributed by atoms with Gasteiger partial charge in [-0.25, -0.2) is 9.55 Å². The number of para-hydroxylation sites is 1. The fourth-order valence-electron chi connectivity index (χ4n) is 5.25. The molecule has 0 bridgehead atoms. The van der Waals surface area contributed by atoms with E-state index in [2.05, 4.69) is 31.4 Å². The highest BCUT2D eigenvalue weighted by Gasteiger charge is 2.35. The van der Waals surface area contributed by atoms with Crippen LogP contribution in [0.5, 0.6) is 5.75 Å². The molecule has 2 saturated carbocycles. The largest absolute Gasteiger partial charge is 0.461 e. The van der Waals surface area contributed by atoms with E-state index in [1.165, 1.54) is 0 Å². The number of allylic oxidation sites excluding steroid dienone is 1. The first kappa shape index (κ1) is 27.7. The maximum atomic E-state index is 13.9. The van der Waals surface area contributed by atoms with E-state index in [0.29, 0.717) is 35.2 Å². The standard InChI is InChI=1S/C28H36N7O5P/c1-18(27(36)39-22-7-5-6-8-22)34-41(37,40-23-9-3-2-4-10-23)38-16-19-11-14-21(15-19)35-17-30-24-25(31-20-12-13-20)32-28(29)33-26(24)35/h2-4,9-11,14,17-22H,5-8,12-13,15-16H2,1H3,(H,34,37)(H3,29,31,32,33)/t18-,19+,21?,41?/m0/s1. The van der Waals surface area contributed by atoms with Crippen molar-refractivity contribution in [3.63, 3.8) is 0 Å². The van der Waals surface area contributed by atoms with Gasteiger partial charge in [-0.05, 0) is 64.0 Å². The molecule has 4 atom stereocenters. The first-order chi connectivity index (χ1) is 19.8. The molecular formula is C28H36N7O5P. The number of nitrogen functional groups attached to an aromatic ring is 1. The summed E-state index contributed by atoms with van der Waals surface area (Å²) in [6, 6.07) is 8.25. The Morgan fingerprint density at radius 1 is 1.15 bits per heavy atom. The van der Waals surface area contributed by atoms with E-state index in [-0.39, 0.29) is 30.6 Å². The number of anilines is 2. The average Bonchev–Trinajstić information content (AvgIpc) is 3.31. The summed E-state index contributed by atoms with van der Waals surface area (Å²) < 4.78 is 33.2. The lowest BCUT2D eigenvalue weighted by atomic mass is 10.1. The third-order valence-corrected chi connectivity index (χ3v) is 9.23. The van der Waals surface area contributed by atoms with Gasteiger partial charge in [0.05, 0.1) is 19.0 Å². The number of esters is 1. The van der Waals surface area contributed by atoms with Gasteiger partial charge in [0, 0.05) is 12.0 Å². The molecule has 2 fully saturated rings. The van der Waals surface area contributed by atoms with Gasteiger partial charge in [0.25, 0.3) is 0 Å². The number of fused-ring (bicyclic) bond motifs is 1. The van der Waals surface area contributed by atoms with Crippen molar-refractivity contribution >= 4 is 36.6 Å². The maximum Gasteiger partial charge on any atom is 0.459 e. The predicted octanol–water partition coefficient (Wildman–Crippen LogP) is 4.77. The zero-order chi connectivity index (χ0) is 28.4. The van der Waals surface area contributed by atoms with E-state index in [4.69, 9.17) is 19.5 Å². The highest BCUT2D eigenvalue weighted by molar-refractivity contribution is 7.52. The summed E-state index contributed by atoms with van der Waals surface area (Å²) in [5, 5.41) is 6.18. The zero-order valence-electron chi connectivity index (χ0n) is 23.0. The summed E-state index contributed by atoms with van der Waals surface area (Å²) in [7, 11) is -3.94. The second-order valence-electron chi connectivity index (χ2n) is 11.0. The zero-order valence-corrected chi connectivity index (χ0v) is 23.9. The lowest BCUT2D eigenvalue weighted by Gasteiger charge is -2.24. The minimum atomic E-state index is -3.94. The number of ether oxygens (including phenoxy) is 1. The minimum Gasteiger partial charge on any atom is -0.461 e. The van der Waals surface area contributed by atoms with E-state index in [1.54, 1.807) is 37.5 Å². The van der Waals surface area contributed by atoms with Crippen LogP contribution in [0.15, 0.2) is 48.8 Å². The summed E-state index contributed by atoms with van der Waals surface area (Å²) in [5.41, 5.74) is 7.36. The van der Waals surface area contributed by atoms with E-state index in [0.717, 1.165) is 38.5 Å². The van der Waals surface area contributed by atoms with Gasteiger partial charge in [0.1, 0.15) is 17.9 Å². The lowest BCUT2D eigenvalue weighted by molar-refractivity contribution is -0.150. The maximum absolute atomic E-state index is 13.9.